The van der Waals surface area contributed by atoms with Crippen LogP contribution in [0.1, 0.15) is 24.2 Å². The summed E-state index contributed by atoms with van der Waals surface area (Å²) in [6.07, 6.45) is 0. The number of hydrogen-bond acceptors (Lipinski definition) is 5. The molecular formula is C24H18ClF4N3O3. The van der Waals surface area contributed by atoms with Gasteiger partial charge < -0.3 is 14.5 Å². The Labute approximate surface area is 202 Å². The maximum atomic E-state index is 15.0. The molecule has 2 aliphatic heterocycles. The second-order valence-corrected chi connectivity index (χ2v) is 8.82. The van der Waals surface area contributed by atoms with E-state index in [1.54, 1.807) is 0 Å². The number of nitrogens with zero attached hydrogens (tertiary/aromatic N) is 2. The van der Waals surface area contributed by atoms with Crippen LogP contribution in [0.3, 0.4) is 0 Å². The highest BCUT2D eigenvalue weighted by Crippen LogP contribution is 2.46. The fourth-order valence-electron chi connectivity index (χ4n) is 4.29. The first kappa shape index (κ1) is 23.4. The summed E-state index contributed by atoms with van der Waals surface area (Å²) in [6, 6.07) is 8.31. The van der Waals surface area contributed by atoms with E-state index in [0.29, 0.717) is 12.1 Å². The Morgan fingerprint density at radius 1 is 1.06 bits per heavy atom. The predicted molar refractivity (Wildman–Crippen MR) is 119 cm³/mol. The van der Waals surface area contributed by atoms with E-state index in [1.165, 1.54) is 25.1 Å². The number of ether oxygens (including phenoxy) is 1. The lowest BCUT2D eigenvalue weighted by Gasteiger charge is -2.39. The van der Waals surface area contributed by atoms with Gasteiger partial charge in [-0.25, -0.2) is 22.6 Å². The highest BCUT2D eigenvalue weighted by atomic mass is 35.5. The molecule has 2 aromatic carbocycles. The number of carbonyl (C=O) groups is 1. The average molecular weight is 508 g/mol. The topological polar surface area (TPSA) is 67.1 Å². The summed E-state index contributed by atoms with van der Waals surface area (Å²) in [5.74, 6) is -5.13. The molecule has 35 heavy (non-hydrogen) atoms. The number of hydrazone groups is 1. The molecule has 11 heteroatoms. The molecule has 1 aromatic heterocycles. The Morgan fingerprint density at radius 3 is 2.31 bits per heavy atom. The molecule has 0 bridgehead atoms. The monoisotopic (exact) mass is 507 g/mol. The minimum atomic E-state index is -1.73. The zero-order valence-electron chi connectivity index (χ0n) is 18.2. The molecule has 182 valence electrons. The van der Waals surface area contributed by atoms with Crippen LogP contribution in [-0.2, 0) is 9.53 Å². The van der Waals surface area contributed by atoms with Crippen LogP contribution in [0.5, 0.6) is 0 Å². The molecule has 6 nitrogen and oxygen atoms in total. The molecule has 3 aromatic rings. The number of anilines is 1. The van der Waals surface area contributed by atoms with Crippen LogP contribution in [0.15, 0.2) is 58.0 Å². The van der Waals surface area contributed by atoms with Crippen molar-refractivity contribution in [1.29, 1.82) is 0 Å². The van der Waals surface area contributed by atoms with Gasteiger partial charge in [0, 0.05) is 17.7 Å². The van der Waals surface area contributed by atoms with Crippen LogP contribution in [0.4, 0.5) is 23.2 Å². The summed E-state index contributed by atoms with van der Waals surface area (Å²) in [7, 11) is 0. The molecule has 3 heterocycles. The summed E-state index contributed by atoms with van der Waals surface area (Å²) in [4.78, 5) is 13.7. The molecule has 0 saturated carbocycles. The van der Waals surface area contributed by atoms with Crippen molar-refractivity contribution in [2.75, 3.05) is 18.2 Å². The summed E-state index contributed by atoms with van der Waals surface area (Å²) in [5.41, 5.74) is -2.11. The number of rotatable bonds is 5. The normalized spacial score (nSPS) is 22.2. The molecule has 1 amide bonds. The van der Waals surface area contributed by atoms with Crippen molar-refractivity contribution < 1.29 is 31.5 Å². The lowest BCUT2D eigenvalue weighted by atomic mass is 9.78. The number of carbonyl (C=O) groups excluding carboxylic acids is 1. The highest BCUT2D eigenvalue weighted by molar-refractivity contribution is 6.28. The first-order chi connectivity index (χ1) is 16.7. The van der Waals surface area contributed by atoms with E-state index < -0.39 is 40.6 Å². The van der Waals surface area contributed by atoms with E-state index in [0.717, 1.165) is 23.2 Å². The van der Waals surface area contributed by atoms with Crippen LogP contribution in [0, 0.1) is 23.3 Å². The van der Waals surface area contributed by atoms with Crippen molar-refractivity contribution in [2.45, 2.75) is 24.4 Å². The smallest absolute Gasteiger partial charge is 0.249 e. The lowest BCUT2D eigenvalue weighted by Crippen LogP contribution is -2.61. The minimum Gasteiger partial charge on any atom is -0.449 e. The Kier molecular flexibility index (Phi) is 5.80. The average Bonchev–Trinajstić information content (AvgIpc) is 3.32. The number of benzene rings is 2. The van der Waals surface area contributed by atoms with E-state index in [2.05, 4.69) is 10.4 Å². The molecule has 0 aliphatic carbocycles. The largest absolute Gasteiger partial charge is 0.449 e. The van der Waals surface area contributed by atoms with E-state index in [4.69, 9.17) is 20.8 Å². The van der Waals surface area contributed by atoms with Crippen LogP contribution in [0.25, 0.3) is 0 Å². The second kappa shape index (κ2) is 8.69. The van der Waals surface area contributed by atoms with Gasteiger partial charge in [-0.3, -0.25) is 4.79 Å². The van der Waals surface area contributed by atoms with Gasteiger partial charge in [-0.15, -0.1) is 0 Å². The maximum absolute atomic E-state index is 15.0. The van der Waals surface area contributed by atoms with Crippen molar-refractivity contribution in [3.05, 3.63) is 88.3 Å². The van der Waals surface area contributed by atoms with E-state index in [9.17, 15) is 22.4 Å². The van der Waals surface area contributed by atoms with Crippen LogP contribution >= 0.6 is 11.6 Å². The van der Waals surface area contributed by atoms with Crippen molar-refractivity contribution in [3.8, 4) is 0 Å². The van der Waals surface area contributed by atoms with Gasteiger partial charge in [0.15, 0.2) is 16.6 Å². The number of furan rings is 1. The van der Waals surface area contributed by atoms with E-state index >= 15 is 0 Å². The second-order valence-electron chi connectivity index (χ2n) is 8.45. The summed E-state index contributed by atoms with van der Waals surface area (Å²) >= 11 is 6.01. The first-order valence-electron chi connectivity index (χ1n) is 10.6. The number of halogens is 5. The van der Waals surface area contributed by atoms with Gasteiger partial charge in [-0.2, -0.15) is 5.10 Å². The van der Waals surface area contributed by atoms with Gasteiger partial charge in [0.2, 0.25) is 5.91 Å². The molecular weight excluding hydrogens is 490 g/mol. The molecule has 2 unspecified atom stereocenters. The molecule has 1 saturated heterocycles. The van der Waals surface area contributed by atoms with Crippen LogP contribution in [-0.4, -0.2) is 36.4 Å². The van der Waals surface area contributed by atoms with Crippen LogP contribution in [0.2, 0.25) is 5.22 Å². The Morgan fingerprint density at radius 2 is 1.74 bits per heavy atom. The van der Waals surface area contributed by atoms with Gasteiger partial charge in [0.1, 0.15) is 23.2 Å². The third kappa shape index (κ3) is 3.96. The fourth-order valence-corrected chi connectivity index (χ4v) is 4.45. The van der Waals surface area contributed by atoms with E-state index in [1.807, 2.05) is 0 Å². The van der Waals surface area contributed by atoms with Gasteiger partial charge >= 0.3 is 0 Å². The molecule has 2 aliphatic rings. The van der Waals surface area contributed by atoms with E-state index in [-0.39, 0.29) is 47.2 Å². The molecule has 5 rings (SSSR count). The number of hydrogen-bond donors (Lipinski definition) is 1. The molecule has 2 atom stereocenters. The van der Waals surface area contributed by atoms with Gasteiger partial charge in [0.25, 0.3) is 0 Å². The summed E-state index contributed by atoms with van der Waals surface area (Å²) in [6.45, 7) is 2.04. The van der Waals surface area contributed by atoms with Gasteiger partial charge in [-0.05, 0) is 54.9 Å². The van der Waals surface area contributed by atoms with Crippen molar-refractivity contribution in [3.63, 3.8) is 0 Å². The highest BCUT2D eigenvalue weighted by Gasteiger charge is 2.57. The van der Waals surface area contributed by atoms with Gasteiger partial charge in [0.05, 0.1) is 36.6 Å². The first-order valence-corrected chi connectivity index (χ1v) is 11.0. The third-order valence-electron chi connectivity index (χ3n) is 6.14. The molecule has 1 fully saturated rings. The quantitative estimate of drug-likeness (QED) is 0.505. The zero-order valence-corrected chi connectivity index (χ0v) is 19.0. The third-order valence-corrected chi connectivity index (χ3v) is 6.34. The fraction of sp³-hybridized carbons (Fsp3) is 0.250. The van der Waals surface area contributed by atoms with Crippen molar-refractivity contribution in [2.24, 2.45) is 5.10 Å². The zero-order chi connectivity index (χ0) is 24.9. The predicted octanol–water partition coefficient (Wildman–Crippen LogP) is 4.77. The maximum Gasteiger partial charge on any atom is 0.249 e. The van der Waals surface area contributed by atoms with Crippen LogP contribution < -0.4 is 10.3 Å². The SMILES string of the molecule is CC1(C(=O)NC2COC2)C(c2ccc(Cl)o2)C(c2ccc(F)cc2F)=NN1c1ccc(F)cc1F. The lowest BCUT2D eigenvalue weighted by molar-refractivity contribution is -0.130. The minimum absolute atomic E-state index is 0.000455. The summed E-state index contributed by atoms with van der Waals surface area (Å²) in [5, 5.41) is 8.33. The summed E-state index contributed by atoms with van der Waals surface area (Å²) < 4.78 is 68.0. The molecule has 0 spiro atoms. The number of nitrogens with one attached hydrogen (secondary N) is 1. The molecule has 1 N–H and O–H groups in total. The van der Waals surface area contributed by atoms with Crippen molar-refractivity contribution in [1.82, 2.24) is 5.32 Å². The molecule has 0 radical (unpaired) electrons. The van der Waals surface area contributed by atoms with Crippen molar-refractivity contribution >= 4 is 28.9 Å². The Hall–Kier alpha value is -3.37. The van der Waals surface area contributed by atoms with Gasteiger partial charge in [-0.1, -0.05) is 0 Å². The Bertz CT molecular complexity index is 1340. The standard InChI is InChI=1S/C24H18ClF4N3O3/c1-24(23(33)30-14-10-34-11-14)21(19-6-7-20(25)35-19)22(15-4-2-12(26)8-16(15)28)31-32(24)18-5-3-13(27)9-17(18)29/h2-9,14,21H,10-11H2,1H3,(H,30,33). The Balaban J connectivity index is 1.73. The number of amides is 1.